The minimum atomic E-state index is -0.395. The van der Waals surface area contributed by atoms with Gasteiger partial charge in [0.05, 0.1) is 7.11 Å². The Bertz CT molecular complexity index is 704. The summed E-state index contributed by atoms with van der Waals surface area (Å²) in [5, 5.41) is 2.90. The van der Waals surface area contributed by atoms with Crippen LogP contribution in [0, 0.1) is 0 Å². The lowest BCUT2D eigenvalue weighted by atomic mass is 9.87. The van der Waals surface area contributed by atoms with Crippen LogP contribution in [0.5, 0.6) is 0 Å². The average Bonchev–Trinajstić information content (AvgIpc) is 2.63. The van der Waals surface area contributed by atoms with Crippen molar-refractivity contribution < 1.29 is 14.3 Å². The number of carbonyl (C=O) groups is 2. The van der Waals surface area contributed by atoms with Crippen molar-refractivity contribution in [2.24, 2.45) is 0 Å². The van der Waals surface area contributed by atoms with E-state index in [-0.39, 0.29) is 11.4 Å². The number of likely N-dealkylation sites (N-methyl/N-ethyl adjacent to an activating group) is 1. The van der Waals surface area contributed by atoms with E-state index in [2.05, 4.69) is 46.8 Å². The van der Waals surface area contributed by atoms with Crippen molar-refractivity contribution in [3.8, 4) is 0 Å². The molecule has 1 N–H and O–H groups in total. The Morgan fingerprint density at radius 1 is 1.08 bits per heavy atom. The zero-order valence-electron chi connectivity index (χ0n) is 15.9. The molecule has 0 saturated carbocycles. The summed E-state index contributed by atoms with van der Waals surface area (Å²) in [6.45, 7) is 6.47. The topological polar surface area (TPSA) is 55.4 Å². The van der Waals surface area contributed by atoms with Gasteiger partial charge in [-0.25, -0.2) is 4.79 Å². The van der Waals surface area contributed by atoms with Crippen LogP contribution in [-0.4, -0.2) is 26.4 Å². The van der Waals surface area contributed by atoms with Crippen molar-refractivity contribution in [3.63, 3.8) is 0 Å². The van der Waals surface area contributed by atoms with Gasteiger partial charge in [0.15, 0.2) is 0 Å². The Hall–Kier alpha value is -1.98. The number of aldehydes is 1. The quantitative estimate of drug-likeness (QED) is 0.577. The first-order valence-electron chi connectivity index (χ1n) is 8.29. The predicted octanol–water partition coefficient (Wildman–Crippen LogP) is 4.68. The predicted molar refractivity (Wildman–Crippen MR) is 108 cm³/mol. The highest BCUT2D eigenvalue weighted by atomic mass is 79.9. The standard InChI is InChI=1S/C11H14O.C10H12BrNO2/c1-11(2,3)10-6-4-9(8-12)5-7-10;1-12-9(10(13)14-2)7-3-5-8(11)6-4-7/h4-8H,1-3H3;3-6,9,12H,1-2H3. The molecule has 0 aliphatic carbocycles. The molecule has 140 valence electrons. The summed E-state index contributed by atoms with van der Waals surface area (Å²) in [5.41, 5.74) is 3.06. The van der Waals surface area contributed by atoms with Gasteiger partial charge in [-0.1, -0.05) is 73.1 Å². The van der Waals surface area contributed by atoms with Gasteiger partial charge >= 0.3 is 5.97 Å². The van der Waals surface area contributed by atoms with Crippen LogP contribution in [0.25, 0.3) is 0 Å². The van der Waals surface area contributed by atoms with E-state index in [0.717, 1.165) is 21.9 Å². The maximum absolute atomic E-state index is 11.3. The molecular weight excluding hydrogens is 394 g/mol. The van der Waals surface area contributed by atoms with E-state index < -0.39 is 6.04 Å². The van der Waals surface area contributed by atoms with Gasteiger partial charge in [0, 0.05) is 10.0 Å². The molecule has 5 heteroatoms. The Labute approximate surface area is 164 Å². The van der Waals surface area contributed by atoms with Crippen LogP contribution in [0.1, 0.15) is 48.3 Å². The van der Waals surface area contributed by atoms with Gasteiger partial charge in [0.1, 0.15) is 12.3 Å². The van der Waals surface area contributed by atoms with Crippen LogP contribution in [0.4, 0.5) is 0 Å². The highest BCUT2D eigenvalue weighted by Crippen LogP contribution is 2.21. The maximum Gasteiger partial charge on any atom is 0.327 e. The summed E-state index contributed by atoms with van der Waals surface area (Å²) >= 11 is 3.33. The third kappa shape index (κ3) is 6.73. The second-order valence-corrected chi connectivity index (χ2v) is 7.70. The van der Waals surface area contributed by atoms with E-state index in [0.29, 0.717) is 0 Å². The number of hydrogen-bond donors (Lipinski definition) is 1. The van der Waals surface area contributed by atoms with Crippen molar-refractivity contribution >= 4 is 28.2 Å². The maximum atomic E-state index is 11.3. The third-order valence-electron chi connectivity index (χ3n) is 3.84. The molecule has 0 aliphatic heterocycles. The van der Waals surface area contributed by atoms with Crippen molar-refractivity contribution in [1.82, 2.24) is 5.32 Å². The number of halogens is 1. The lowest BCUT2D eigenvalue weighted by Gasteiger charge is -2.18. The van der Waals surface area contributed by atoms with E-state index in [1.165, 1.54) is 12.7 Å². The van der Waals surface area contributed by atoms with Crippen LogP contribution in [0.15, 0.2) is 53.0 Å². The fourth-order valence-electron chi connectivity index (χ4n) is 2.26. The molecule has 0 fully saturated rings. The van der Waals surface area contributed by atoms with Gasteiger partial charge in [0.25, 0.3) is 0 Å². The van der Waals surface area contributed by atoms with Crippen LogP contribution in [0.3, 0.4) is 0 Å². The normalized spacial score (nSPS) is 11.8. The molecule has 0 heterocycles. The number of carbonyl (C=O) groups excluding carboxylic acids is 2. The minimum absolute atomic E-state index is 0.168. The molecule has 2 aromatic carbocycles. The molecular formula is C21H26BrNO3. The van der Waals surface area contributed by atoms with E-state index in [1.807, 2.05) is 48.5 Å². The molecule has 2 aromatic rings. The molecule has 4 nitrogen and oxygen atoms in total. The fraction of sp³-hybridized carbons (Fsp3) is 0.333. The Morgan fingerprint density at radius 2 is 1.62 bits per heavy atom. The van der Waals surface area contributed by atoms with Crippen molar-refractivity contribution in [2.45, 2.75) is 32.2 Å². The molecule has 0 radical (unpaired) electrons. The number of esters is 1. The second-order valence-electron chi connectivity index (χ2n) is 6.79. The zero-order chi connectivity index (χ0) is 19.7. The van der Waals surface area contributed by atoms with Crippen molar-refractivity contribution in [2.75, 3.05) is 14.2 Å². The SMILES string of the molecule is CC(C)(C)c1ccc(C=O)cc1.CNC(C(=O)OC)c1ccc(Br)cc1. The molecule has 0 aromatic heterocycles. The molecule has 0 amide bonds. The van der Waals surface area contributed by atoms with Crippen LogP contribution in [-0.2, 0) is 14.9 Å². The lowest BCUT2D eigenvalue weighted by Crippen LogP contribution is -2.26. The first-order chi connectivity index (χ1) is 12.2. The Morgan fingerprint density at radius 3 is 2.00 bits per heavy atom. The van der Waals surface area contributed by atoms with Gasteiger partial charge in [0.2, 0.25) is 0 Å². The molecule has 26 heavy (non-hydrogen) atoms. The summed E-state index contributed by atoms with van der Waals surface area (Å²) in [6, 6.07) is 14.9. The first-order valence-corrected chi connectivity index (χ1v) is 9.08. The van der Waals surface area contributed by atoms with E-state index in [1.54, 1.807) is 7.05 Å². The van der Waals surface area contributed by atoms with Gasteiger partial charge in [-0.3, -0.25) is 4.79 Å². The smallest absolute Gasteiger partial charge is 0.327 e. The summed E-state index contributed by atoms with van der Waals surface area (Å²) < 4.78 is 5.66. The molecule has 0 aliphatic rings. The van der Waals surface area contributed by atoms with Gasteiger partial charge < -0.3 is 10.1 Å². The number of rotatable bonds is 4. The lowest BCUT2D eigenvalue weighted by molar-refractivity contribution is -0.143. The third-order valence-corrected chi connectivity index (χ3v) is 4.37. The first kappa shape index (κ1) is 22.1. The van der Waals surface area contributed by atoms with E-state index in [9.17, 15) is 9.59 Å². The summed E-state index contributed by atoms with van der Waals surface area (Å²) in [5.74, 6) is -0.283. The molecule has 1 atom stereocenters. The summed E-state index contributed by atoms with van der Waals surface area (Å²) in [7, 11) is 3.11. The summed E-state index contributed by atoms with van der Waals surface area (Å²) in [6.07, 6.45) is 0.867. The Kier molecular flexibility index (Phi) is 8.69. The monoisotopic (exact) mass is 419 g/mol. The molecule has 1 unspecified atom stereocenters. The largest absolute Gasteiger partial charge is 0.468 e. The van der Waals surface area contributed by atoms with Crippen LogP contribution >= 0.6 is 15.9 Å². The van der Waals surface area contributed by atoms with E-state index in [4.69, 9.17) is 0 Å². The number of ether oxygens (including phenoxy) is 1. The van der Waals surface area contributed by atoms with Crippen molar-refractivity contribution in [3.05, 3.63) is 69.7 Å². The summed E-state index contributed by atoms with van der Waals surface area (Å²) in [4.78, 5) is 21.7. The molecule has 0 saturated heterocycles. The minimum Gasteiger partial charge on any atom is -0.468 e. The van der Waals surface area contributed by atoms with Gasteiger partial charge in [-0.15, -0.1) is 0 Å². The zero-order valence-corrected chi connectivity index (χ0v) is 17.5. The fourth-order valence-corrected chi connectivity index (χ4v) is 2.52. The van der Waals surface area contributed by atoms with Gasteiger partial charge in [-0.2, -0.15) is 0 Å². The second kappa shape index (κ2) is 10.2. The highest BCUT2D eigenvalue weighted by Gasteiger charge is 2.18. The molecule has 0 bridgehead atoms. The Balaban J connectivity index is 0.000000263. The molecule has 0 spiro atoms. The van der Waals surface area contributed by atoms with Gasteiger partial charge in [-0.05, 0) is 35.7 Å². The number of hydrogen-bond acceptors (Lipinski definition) is 4. The highest BCUT2D eigenvalue weighted by molar-refractivity contribution is 9.10. The van der Waals surface area contributed by atoms with Crippen LogP contribution < -0.4 is 5.32 Å². The number of benzene rings is 2. The van der Waals surface area contributed by atoms with E-state index >= 15 is 0 Å². The number of methoxy groups -OCH3 is 1. The van der Waals surface area contributed by atoms with Crippen LogP contribution in [0.2, 0.25) is 0 Å². The average molecular weight is 420 g/mol. The number of nitrogens with one attached hydrogen (secondary N) is 1. The molecule has 2 rings (SSSR count). The van der Waals surface area contributed by atoms with Crippen molar-refractivity contribution in [1.29, 1.82) is 0 Å².